The Labute approximate surface area is 138 Å². The standard InChI is InChI=1S/C15H10ClF3N2O3/c16-10-5-3-9(4-6-10)11-8-14(23,15(17,18)19)21(20-11)13(22)12-2-1-7-24-12/h1-7,23H,8H2/t14-/m0/s1. The van der Waals surface area contributed by atoms with E-state index in [1.165, 1.54) is 36.4 Å². The van der Waals surface area contributed by atoms with Gasteiger partial charge in [0.05, 0.1) is 18.4 Å². The second-order valence-electron chi connectivity index (χ2n) is 5.14. The molecule has 0 bridgehead atoms. The number of furan rings is 1. The molecule has 1 N–H and O–H groups in total. The summed E-state index contributed by atoms with van der Waals surface area (Å²) in [5, 5.41) is 14.2. The van der Waals surface area contributed by atoms with Gasteiger partial charge in [0, 0.05) is 5.02 Å². The van der Waals surface area contributed by atoms with E-state index in [1.54, 1.807) is 0 Å². The Bertz CT molecular complexity index is 787. The molecule has 5 nitrogen and oxygen atoms in total. The molecular weight excluding hydrogens is 349 g/mol. The summed E-state index contributed by atoms with van der Waals surface area (Å²) in [7, 11) is 0. The van der Waals surface area contributed by atoms with Crippen LogP contribution in [-0.2, 0) is 0 Å². The van der Waals surface area contributed by atoms with Gasteiger partial charge in [0.1, 0.15) is 0 Å². The Morgan fingerprint density at radius 1 is 1.29 bits per heavy atom. The Morgan fingerprint density at radius 2 is 1.96 bits per heavy atom. The summed E-state index contributed by atoms with van der Waals surface area (Å²) in [4.78, 5) is 12.2. The van der Waals surface area contributed by atoms with Gasteiger partial charge in [-0.3, -0.25) is 4.79 Å². The summed E-state index contributed by atoms with van der Waals surface area (Å²) in [6.07, 6.45) is -4.86. The molecule has 1 aliphatic heterocycles. The molecule has 0 fully saturated rings. The van der Waals surface area contributed by atoms with Gasteiger partial charge in [-0.15, -0.1) is 0 Å². The predicted molar refractivity (Wildman–Crippen MR) is 78.5 cm³/mol. The average molecular weight is 359 g/mol. The molecule has 2 heterocycles. The molecule has 0 spiro atoms. The van der Waals surface area contributed by atoms with E-state index in [9.17, 15) is 23.1 Å². The molecule has 1 aromatic carbocycles. The zero-order valence-electron chi connectivity index (χ0n) is 11.9. The minimum atomic E-state index is -5.10. The molecule has 3 rings (SSSR count). The smallest absolute Gasteiger partial charge is 0.438 e. The van der Waals surface area contributed by atoms with E-state index in [0.717, 1.165) is 6.26 Å². The van der Waals surface area contributed by atoms with Gasteiger partial charge in [0.15, 0.2) is 5.76 Å². The third kappa shape index (κ3) is 2.67. The highest BCUT2D eigenvalue weighted by molar-refractivity contribution is 6.30. The molecule has 1 aromatic heterocycles. The molecule has 0 saturated heterocycles. The molecule has 2 aromatic rings. The van der Waals surface area contributed by atoms with E-state index < -0.39 is 24.2 Å². The monoisotopic (exact) mass is 358 g/mol. The van der Waals surface area contributed by atoms with E-state index in [-0.39, 0.29) is 16.5 Å². The maximum Gasteiger partial charge on any atom is 0.438 e. The maximum atomic E-state index is 13.4. The van der Waals surface area contributed by atoms with Crippen molar-refractivity contribution in [1.82, 2.24) is 5.01 Å². The molecule has 0 aliphatic carbocycles. The zero-order valence-corrected chi connectivity index (χ0v) is 12.7. The molecule has 1 amide bonds. The van der Waals surface area contributed by atoms with Gasteiger partial charge >= 0.3 is 12.1 Å². The van der Waals surface area contributed by atoms with Crippen LogP contribution < -0.4 is 0 Å². The maximum absolute atomic E-state index is 13.4. The van der Waals surface area contributed by atoms with Crippen LogP contribution in [-0.4, -0.2) is 33.6 Å². The number of hydrogen-bond donors (Lipinski definition) is 1. The number of hydrazone groups is 1. The number of hydrogen-bond acceptors (Lipinski definition) is 4. The van der Waals surface area contributed by atoms with Crippen molar-refractivity contribution in [1.29, 1.82) is 0 Å². The molecule has 9 heteroatoms. The Balaban J connectivity index is 2.03. The normalized spacial score (nSPS) is 21.0. The number of carbonyl (C=O) groups is 1. The van der Waals surface area contributed by atoms with Crippen molar-refractivity contribution in [2.75, 3.05) is 0 Å². The molecular formula is C15H10ClF3N2O3. The number of nitrogens with zero attached hydrogens (tertiary/aromatic N) is 2. The third-order valence-corrected chi connectivity index (χ3v) is 3.79. The highest BCUT2D eigenvalue weighted by atomic mass is 35.5. The predicted octanol–water partition coefficient (Wildman–Crippen LogP) is 3.43. The van der Waals surface area contributed by atoms with Crippen molar-refractivity contribution in [3.63, 3.8) is 0 Å². The summed E-state index contributed by atoms with van der Waals surface area (Å²) in [5.41, 5.74) is -3.23. The number of rotatable bonds is 2. The van der Waals surface area contributed by atoms with Gasteiger partial charge < -0.3 is 9.52 Å². The van der Waals surface area contributed by atoms with Crippen molar-refractivity contribution in [3.05, 3.63) is 59.0 Å². The second-order valence-corrected chi connectivity index (χ2v) is 5.58. The van der Waals surface area contributed by atoms with Gasteiger partial charge in [0.2, 0.25) is 0 Å². The van der Waals surface area contributed by atoms with Crippen molar-refractivity contribution in [3.8, 4) is 0 Å². The lowest BCUT2D eigenvalue weighted by Gasteiger charge is -2.31. The summed E-state index contributed by atoms with van der Waals surface area (Å²) < 4.78 is 45.0. The SMILES string of the molecule is O=C(c1ccco1)N1N=C(c2ccc(Cl)cc2)C[C@]1(O)C(F)(F)F. The van der Waals surface area contributed by atoms with E-state index in [4.69, 9.17) is 16.0 Å². The lowest BCUT2D eigenvalue weighted by atomic mass is 10.0. The van der Waals surface area contributed by atoms with Crippen LogP contribution in [0.3, 0.4) is 0 Å². The number of halogens is 4. The molecule has 0 saturated carbocycles. The van der Waals surface area contributed by atoms with Crippen LogP contribution >= 0.6 is 11.6 Å². The number of alkyl halides is 3. The number of benzene rings is 1. The summed E-state index contributed by atoms with van der Waals surface area (Å²) in [5.74, 6) is -1.55. The third-order valence-electron chi connectivity index (χ3n) is 3.54. The first kappa shape index (κ1) is 16.5. The van der Waals surface area contributed by atoms with Crippen molar-refractivity contribution in [2.24, 2.45) is 5.10 Å². The lowest BCUT2D eigenvalue weighted by molar-refractivity contribution is -0.297. The quantitative estimate of drug-likeness (QED) is 0.894. The summed E-state index contributed by atoms with van der Waals surface area (Å²) >= 11 is 5.75. The highest BCUT2D eigenvalue weighted by Crippen LogP contribution is 2.42. The van der Waals surface area contributed by atoms with Gasteiger partial charge in [-0.2, -0.15) is 23.3 Å². The number of aliphatic hydroxyl groups is 1. The first-order valence-electron chi connectivity index (χ1n) is 6.73. The topological polar surface area (TPSA) is 66.0 Å². The Hall–Kier alpha value is -2.32. The first-order valence-corrected chi connectivity index (χ1v) is 7.11. The van der Waals surface area contributed by atoms with Crippen molar-refractivity contribution < 1.29 is 27.5 Å². The van der Waals surface area contributed by atoms with Gasteiger partial charge in [-0.05, 0) is 29.8 Å². The van der Waals surface area contributed by atoms with Crippen LogP contribution in [0.1, 0.15) is 22.5 Å². The van der Waals surface area contributed by atoms with Gasteiger partial charge in [-0.25, -0.2) is 0 Å². The van der Waals surface area contributed by atoms with E-state index in [0.29, 0.717) is 10.6 Å². The van der Waals surface area contributed by atoms with Gasteiger partial charge in [-0.1, -0.05) is 23.7 Å². The Morgan fingerprint density at radius 3 is 2.50 bits per heavy atom. The van der Waals surface area contributed by atoms with Crippen LogP contribution in [0.2, 0.25) is 5.02 Å². The zero-order chi connectivity index (χ0) is 17.5. The van der Waals surface area contributed by atoms with Gasteiger partial charge in [0.25, 0.3) is 5.72 Å². The Kier molecular flexibility index (Phi) is 3.89. The lowest BCUT2D eigenvalue weighted by Crippen LogP contribution is -2.56. The van der Waals surface area contributed by atoms with E-state index in [1.807, 2.05) is 0 Å². The molecule has 1 atom stereocenters. The molecule has 126 valence electrons. The summed E-state index contributed by atoms with van der Waals surface area (Å²) in [6.45, 7) is 0. The number of carbonyl (C=O) groups excluding carboxylic acids is 1. The minimum absolute atomic E-state index is 0.00970. The van der Waals surface area contributed by atoms with Crippen molar-refractivity contribution >= 4 is 23.2 Å². The highest BCUT2D eigenvalue weighted by Gasteiger charge is 2.63. The largest absolute Gasteiger partial charge is 0.459 e. The second kappa shape index (κ2) is 5.64. The van der Waals surface area contributed by atoms with Crippen molar-refractivity contribution in [2.45, 2.75) is 18.3 Å². The van der Waals surface area contributed by atoms with Crippen LogP contribution in [0.15, 0.2) is 52.2 Å². The molecule has 1 aliphatic rings. The molecule has 0 radical (unpaired) electrons. The van der Waals surface area contributed by atoms with Crippen LogP contribution in [0.5, 0.6) is 0 Å². The van der Waals surface area contributed by atoms with Crippen LogP contribution in [0.4, 0.5) is 13.2 Å². The average Bonchev–Trinajstić information content (AvgIpc) is 3.15. The minimum Gasteiger partial charge on any atom is -0.459 e. The van der Waals surface area contributed by atoms with Crippen LogP contribution in [0, 0.1) is 0 Å². The molecule has 24 heavy (non-hydrogen) atoms. The molecule has 0 unspecified atom stereocenters. The summed E-state index contributed by atoms with van der Waals surface area (Å²) in [6, 6.07) is 8.40. The van der Waals surface area contributed by atoms with E-state index in [2.05, 4.69) is 5.10 Å². The number of amides is 1. The van der Waals surface area contributed by atoms with E-state index >= 15 is 0 Å². The fourth-order valence-corrected chi connectivity index (χ4v) is 2.41. The fraction of sp³-hybridized carbons (Fsp3) is 0.200. The van der Waals surface area contributed by atoms with Crippen LogP contribution in [0.25, 0.3) is 0 Å². The fourth-order valence-electron chi connectivity index (χ4n) is 2.29. The first-order chi connectivity index (χ1) is 11.2.